The van der Waals surface area contributed by atoms with Crippen LogP contribution in [0.3, 0.4) is 0 Å². The molecule has 1 N–H and O–H groups in total. The molecule has 0 unspecified atom stereocenters. The van der Waals surface area contributed by atoms with E-state index in [9.17, 15) is 9.59 Å². The second-order valence-electron chi connectivity index (χ2n) is 3.92. The lowest BCUT2D eigenvalue weighted by Crippen LogP contribution is -2.12. The van der Waals surface area contributed by atoms with Crippen molar-refractivity contribution >= 4 is 32.9 Å². The van der Waals surface area contributed by atoms with Crippen LogP contribution < -0.4 is 10.4 Å². The van der Waals surface area contributed by atoms with E-state index < -0.39 is 11.6 Å². The Balaban J connectivity index is 2.58. The first kappa shape index (κ1) is 13.6. The second kappa shape index (κ2) is 5.44. The molecule has 19 heavy (non-hydrogen) atoms. The number of ether oxygens (including phenoxy) is 1. The van der Waals surface area contributed by atoms with Crippen LogP contribution in [0.2, 0.25) is 0 Å². The molecule has 2 rings (SSSR count). The number of hydrogen-bond donors (Lipinski definition) is 1. The molecule has 0 aliphatic rings. The fraction of sp³-hybridized carbons (Fsp3) is 0.231. The lowest BCUT2D eigenvalue weighted by atomic mass is 10.2. The molecule has 2 aromatic rings. The summed E-state index contributed by atoms with van der Waals surface area (Å²) in [5.41, 5.74) is -0.963. The summed E-state index contributed by atoms with van der Waals surface area (Å²) in [5.74, 6) is -0.751. The Labute approximate surface area is 116 Å². The number of halogens is 1. The SMILES string of the molecule is CCCOc1cc2oc(=O)c(C(=O)O)cc2cc1Br. The van der Waals surface area contributed by atoms with Gasteiger partial charge in [-0.2, -0.15) is 0 Å². The van der Waals surface area contributed by atoms with Gasteiger partial charge in [0.2, 0.25) is 0 Å². The van der Waals surface area contributed by atoms with E-state index in [-0.39, 0.29) is 5.56 Å². The number of carbonyl (C=O) groups is 1. The van der Waals surface area contributed by atoms with Gasteiger partial charge in [0.05, 0.1) is 11.1 Å². The first-order valence-corrected chi connectivity index (χ1v) is 6.45. The molecule has 100 valence electrons. The number of rotatable bonds is 4. The highest BCUT2D eigenvalue weighted by atomic mass is 79.9. The molecule has 0 aliphatic heterocycles. The van der Waals surface area contributed by atoms with Crippen LogP contribution in [-0.4, -0.2) is 17.7 Å². The monoisotopic (exact) mass is 326 g/mol. The number of carboxylic acid groups (broad SMARTS) is 1. The van der Waals surface area contributed by atoms with Gasteiger partial charge in [0.15, 0.2) is 0 Å². The maximum Gasteiger partial charge on any atom is 0.351 e. The molecule has 0 saturated carbocycles. The highest BCUT2D eigenvalue weighted by molar-refractivity contribution is 9.10. The van der Waals surface area contributed by atoms with E-state index in [0.717, 1.165) is 6.42 Å². The fourth-order valence-corrected chi connectivity index (χ4v) is 2.07. The van der Waals surface area contributed by atoms with Crippen molar-refractivity contribution in [2.45, 2.75) is 13.3 Å². The quantitative estimate of drug-likeness (QED) is 0.874. The molecular weight excluding hydrogens is 316 g/mol. The number of fused-ring (bicyclic) bond motifs is 1. The Hall–Kier alpha value is -1.82. The van der Waals surface area contributed by atoms with Crippen molar-refractivity contribution in [3.05, 3.63) is 38.7 Å². The lowest BCUT2D eigenvalue weighted by Gasteiger charge is -2.08. The summed E-state index contributed by atoms with van der Waals surface area (Å²) in [5, 5.41) is 9.39. The van der Waals surface area contributed by atoms with Gasteiger partial charge in [0.25, 0.3) is 0 Å². The van der Waals surface area contributed by atoms with Gasteiger partial charge in [-0.25, -0.2) is 9.59 Å². The molecule has 0 radical (unpaired) electrons. The average molecular weight is 327 g/mol. The molecule has 0 saturated heterocycles. The predicted molar refractivity (Wildman–Crippen MR) is 72.9 cm³/mol. The average Bonchev–Trinajstić information content (AvgIpc) is 2.36. The van der Waals surface area contributed by atoms with Crippen molar-refractivity contribution in [1.29, 1.82) is 0 Å². The van der Waals surface area contributed by atoms with Crippen LogP contribution in [-0.2, 0) is 0 Å². The summed E-state index contributed by atoms with van der Waals surface area (Å²) >= 11 is 3.34. The van der Waals surface area contributed by atoms with Crippen molar-refractivity contribution < 1.29 is 19.1 Å². The van der Waals surface area contributed by atoms with E-state index in [2.05, 4.69) is 15.9 Å². The topological polar surface area (TPSA) is 76.7 Å². The minimum absolute atomic E-state index is 0.296. The molecule has 5 nitrogen and oxygen atoms in total. The third-order valence-electron chi connectivity index (χ3n) is 2.48. The summed E-state index contributed by atoms with van der Waals surface area (Å²) in [4.78, 5) is 22.3. The molecule has 0 fully saturated rings. The summed E-state index contributed by atoms with van der Waals surface area (Å²) in [6.45, 7) is 2.52. The van der Waals surface area contributed by atoms with Crippen LogP contribution in [0.5, 0.6) is 5.75 Å². The van der Waals surface area contributed by atoms with Gasteiger partial charge in [-0.3, -0.25) is 0 Å². The summed E-state index contributed by atoms with van der Waals surface area (Å²) in [6.07, 6.45) is 0.854. The normalized spacial score (nSPS) is 10.6. The molecule has 1 aromatic carbocycles. The smallest absolute Gasteiger partial charge is 0.351 e. The molecule has 1 aromatic heterocycles. The van der Waals surface area contributed by atoms with Crippen molar-refractivity contribution in [3.63, 3.8) is 0 Å². The van der Waals surface area contributed by atoms with E-state index in [1.54, 1.807) is 12.1 Å². The van der Waals surface area contributed by atoms with Crippen molar-refractivity contribution in [2.24, 2.45) is 0 Å². The van der Waals surface area contributed by atoms with Crippen molar-refractivity contribution in [3.8, 4) is 5.75 Å². The number of benzene rings is 1. The van der Waals surface area contributed by atoms with Gasteiger partial charge in [0, 0.05) is 11.5 Å². The second-order valence-corrected chi connectivity index (χ2v) is 4.78. The highest BCUT2D eigenvalue weighted by Crippen LogP contribution is 2.30. The summed E-state index contributed by atoms with van der Waals surface area (Å²) in [6, 6.07) is 4.52. The molecular formula is C13H11BrO5. The molecule has 1 heterocycles. The Morgan fingerprint density at radius 2 is 2.16 bits per heavy atom. The number of aromatic carboxylic acids is 1. The van der Waals surface area contributed by atoms with Crippen LogP contribution in [0.15, 0.2) is 31.9 Å². The summed E-state index contributed by atoms with van der Waals surface area (Å²) in [7, 11) is 0. The number of hydrogen-bond acceptors (Lipinski definition) is 4. The molecule has 0 aliphatic carbocycles. The zero-order valence-corrected chi connectivity index (χ0v) is 11.7. The third kappa shape index (κ3) is 2.78. The minimum atomic E-state index is -1.31. The Morgan fingerprint density at radius 3 is 2.79 bits per heavy atom. The van der Waals surface area contributed by atoms with E-state index in [1.807, 2.05) is 6.92 Å². The largest absolute Gasteiger partial charge is 0.492 e. The van der Waals surface area contributed by atoms with Crippen LogP contribution in [0.25, 0.3) is 11.0 Å². The van der Waals surface area contributed by atoms with Gasteiger partial charge < -0.3 is 14.3 Å². The van der Waals surface area contributed by atoms with E-state index in [1.165, 1.54) is 6.07 Å². The Morgan fingerprint density at radius 1 is 1.42 bits per heavy atom. The van der Waals surface area contributed by atoms with E-state index in [0.29, 0.717) is 27.8 Å². The minimum Gasteiger partial charge on any atom is -0.492 e. The van der Waals surface area contributed by atoms with Gasteiger partial charge in [-0.05, 0) is 34.5 Å². The highest BCUT2D eigenvalue weighted by Gasteiger charge is 2.14. The van der Waals surface area contributed by atoms with Crippen LogP contribution in [0.4, 0.5) is 0 Å². The predicted octanol–water partition coefficient (Wildman–Crippen LogP) is 3.04. The van der Waals surface area contributed by atoms with E-state index in [4.69, 9.17) is 14.3 Å². The Bertz CT molecular complexity index is 689. The number of carboxylic acids is 1. The van der Waals surface area contributed by atoms with Crippen molar-refractivity contribution in [1.82, 2.24) is 0 Å². The standard InChI is InChI=1S/C13H11BrO5/c1-2-3-18-11-6-10-7(5-9(11)14)4-8(12(15)16)13(17)19-10/h4-6H,2-3H2,1H3,(H,15,16). The first-order valence-electron chi connectivity index (χ1n) is 5.66. The van der Waals surface area contributed by atoms with Crippen LogP contribution in [0, 0.1) is 0 Å². The summed E-state index contributed by atoms with van der Waals surface area (Å²) < 4.78 is 11.2. The van der Waals surface area contributed by atoms with Gasteiger partial charge in [-0.1, -0.05) is 6.92 Å². The lowest BCUT2D eigenvalue weighted by molar-refractivity contribution is 0.0692. The zero-order valence-electron chi connectivity index (χ0n) is 10.1. The molecule has 6 heteroatoms. The van der Waals surface area contributed by atoms with Gasteiger partial charge >= 0.3 is 11.6 Å². The fourth-order valence-electron chi connectivity index (χ4n) is 1.59. The molecule has 0 spiro atoms. The molecule has 0 bridgehead atoms. The Kier molecular flexibility index (Phi) is 3.90. The maximum atomic E-state index is 11.5. The zero-order chi connectivity index (χ0) is 14.0. The molecule has 0 atom stereocenters. The van der Waals surface area contributed by atoms with Crippen LogP contribution in [0.1, 0.15) is 23.7 Å². The van der Waals surface area contributed by atoms with Gasteiger partial charge in [0.1, 0.15) is 16.9 Å². The first-order chi connectivity index (χ1) is 9.02. The maximum absolute atomic E-state index is 11.5. The third-order valence-corrected chi connectivity index (χ3v) is 3.10. The molecule has 0 amide bonds. The van der Waals surface area contributed by atoms with Crippen LogP contribution >= 0.6 is 15.9 Å². The van der Waals surface area contributed by atoms with E-state index >= 15 is 0 Å². The van der Waals surface area contributed by atoms with Gasteiger partial charge in [-0.15, -0.1) is 0 Å². The van der Waals surface area contributed by atoms with Crippen molar-refractivity contribution in [2.75, 3.05) is 6.61 Å².